The van der Waals surface area contributed by atoms with Gasteiger partial charge in [-0.05, 0) is 51.3 Å². The maximum absolute atomic E-state index is 12.2. The van der Waals surface area contributed by atoms with E-state index in [1.165, 1.54) is 11.1 Å². The Morgan fingerprint density at radius 1 is 1.30 bits per heavy atom. The van der Waals surface area contributed by atoms with Crippen LogP contribution in [-0.4, -0.2) is 36.2 Å². The van der Waals surface area contributed by atoms with Crippen LogP contribution in [-0.2, 0) is 11.3 Å². The zero-order valence-corrected chi connectivity index (χ0v) is 16.5. The van der Waals surface area contributed by atoms with E-state index in [1.807, 2.05) is 20.8 Å². The maximum Gasteiger partial charge on any atom is 0.410 e. The second-order valence-electron chi connectivity index (χ2n) is 6.74. The van der Waals surface area contributed by atoms with E-state index in [2.05, 4.69) is 53.3 Å². The van der Waals surface area contributed by atoms with Crippen LogP contribution in [0.4, 0.5) is 4.79 Å². The van der Waals surface area contributed by atoms with E-state index in [0.29, 0.717) is 13.1 Å². The van der Waals surface area contributed by atoms with Gasteiger partial charge in [0.25, 0.3) is 0 Å². The molecule has 1 N–H and O–H groups in total. The Balaban J connectivity index is 2.45. The van der Waals surface area contributed by atoms with Crippen molar-refractivity contribution in [3.8, 4) is 0 Å². The third-order valence-corrected chi connectivity index (χ3v) is 3.97. The third-order valence-electron chi connectivity index (χ3n) is 3.23. The van der Waals surface area contributed by atoms with Crippen LogP contribution in [0, 0.1) is 6.92 Å². The molecule has 0 aliphatic rings. The number of carbonyl (C=O) groups is 1. The van der Waals surface area contributed by atoms with Gasteiger partial charge in [-0.3, -0.25) is 0 Å². The highest BCUT2D eigenvalue weighted by atomic mass is 79.9. The van der Waals surface area contributed by atoms with Crippen LogP contribution >= 0.6 is 15.9 Å². The molecule has 0 saturated carbocycles. The Morgan fingerprint density at radius 3 is 2.57 bits per heavy atom. The van der Waals surface area contributed by atoms with E-state index < -0.39 is 5.60 Å². The molecule has 0 saturated heterocycles. The lowest BCUT2D eigenvalue weighted by molar-refractivity contribution is 0.0252. The lowest BCUT2D eigenvalue weighted by Gasteiger charge is -2.27. The topological polar surface area (TPSA) is 41.6 Å². The van der Waals surface area contributed by atoms with Crippen molar-refractivity contribution < 1.29 is 9.53 Å². The van der Waals surface area contributed by atoms with Crippen LogP contribution in [0.2, 0.25) is 0 Å². The number of benzene rings is 1. The van der Waals surface area contributed by atoms with Crippen LogP contribution in [0.1, 0.15) is 45.2 Å². The molecule has 0 atom stereocenters. The number of hydrogen-bond acceptors (Lipinski definition) is 3. The molecular weight excluding hydrogens is 356 g/mol. The molecule has 0 spiro atoms. The van der Waals surface area contributed by atoms with E-state index in [-0.39, 0.29) is 6.09 Å². The molecule has 0 unspecified atom stereocenters. The molecule has 0 aliphatic heterocycles. The summed E-state index contributed by atoms with van der Waals surface area (Å²) in [6.45, 7) is 12.7. The molecule has 1 rings (SSSR count). The summed E-state index contributed by atoms with van der Waals surface area (Å²) < 4.78 is 6.57. The molecule has 23 heavy (non-hydrogen) atoms. The van der Waals surface area contributed by atoms with Crippen LogP contribution in [0.25, 0.3) is 0 Å². The molecule has 4 nitrogen and oxygen atoms in total. The minimum Gasteiger partial charge on any atom is -0.444 e. The Labute approximate surface area is 148 Å². The van der Waals surface area contributed by atoms with Crippen LogP contribution in [0.5, 0.6) is 0 Å². The summed E-state index contributed by atoms with van der Waals surface area (Å²) in [5.41, 5.74) is 2.00. The van der Waals surface area contributed by atoms with Crippen molar-refractivity contribution in [1.29, 1.82) is 0 Å². The van der Waals surface area contributed by atoms with E-state index in [1.54, 1.807) is 4.90 Å². The van der Waals surface area contributed by atoms with Gasteiger partial charge in [0.15, 0.2) is 0 Å². The first-order chi connectivity index (χ1) is 10.7. The lowest BCUT2D eigenvalue weighted by atomic mass is 10.1. The zero-order chi connectivity index (χ0) is 17.5. The fourth-order valence-electron chi connectivity index (χ4n) is 2.12. The first-order valence-corrected chi connectivity index (χ1v) is 8.96. The van der Waals surface area contributed by atoms with Crippen molar-refractivity contribution in [3.05, 3.63) is 33.8 Å². The number of amides is 1. The van der Waals surface area contributed by atoms with Crippen molar-refractivity contribution in [2.75, 3.05) is 19.6 Å². The Hall–Kier alpha value is -1.07. The number of rotatable bonds is 7. The fraction of sp³-hybridized carbons (Fsp3) is 0.611. The number of nitrogens with one attached hydrogen (secondary N) is 1. The largest absolute Gasteiger partial charge is 0.444 e. The van der Waals surface area contributed by atoms with E-state index >= 15 is 0 Å². The normalized spacial score (nSPS) is 11.4. The van der Waals surface area contributed by atoms with Crippen LogP contribution in [0.15, 0.2) is 22.7 Å². The second kappa shape index (κ2) is 9.28. The molecular formula is C18H29BrN2O2. The summed E-state index contributed by atoms with van der Waals surface area (Å²) in [4.78, 5) is 13.9. The molecule has 0 fully saturated rings. The van der Waals surface area contributed by atoms with Gasteiger partial charge in [-0.25, -0.2) is 4.79 Å². The van der Waals surface area contributed by atoms with Crippen molar-refractivity contribution >= 4 is 22.0 Å². The Morgan fingerprint density at radius 2 is 2.00 bits per heavy atom. The summed E-state index contributed by atoms with van der Waals surface area (Å²) in [5, 5.41) is 3.39. The minimum absolute atomic E-state index is 0.238. The zero-order valence-electron chi connectivity index (χ0n) is 14.9. The van der Waals surface area contributed by atoms with Crippen molar-refractivity contribution in [2.45, 2.75) is 53.2 Å². The van der Waals surface area contributed by atoms with Gasteiger partial charge >= 0.3 is 6.09 Å². The van der Waals surface area contributed by atoms with E-state index in [4.69, 9.17) is 4.74 Å². The number of ether oxygens (including phenoxy) is 1. The number of halogens is 1. The highest BCUT2D eigenvalue weighted by molar-refractivity contribution is 9.10. The van der Waals surface area contributed by atoms with Crippen LogP contribution in [0.3, 0.4) is 0 Å². The molecule has 1 amide bonds. The van der Waals surface area contributed by atoms with Crippen molar-refractivity contribution in [2.24, 2.45) is 0 Å². The van der Waals surface area contributed by atoms with Gasteiger partial charge in [-0.1, -0.05) is 35.0 Å². The molecule has 1 aromatic carbocycles. The quantitative estimate of drug-likeness (QED) is 0.703. The van der Waals surface area contributed by atoms with Crippen molar-refractivity contribution in [1.82, 2.24) is 10.2 Å². The molecule has 0 bridgehead atoms. The number of carbonyl (C=O) groups excluding carboxylic acids is 1. The molecule has 0 radical (unpaired) electrons. The predicted octanol–water partition coefficient (Wildman–Crippen LogP) is 4.49. The van der Waals surface area contributed by atoms with Crippen LogP contribution < -0.4 is 5.32 Å². The van der Waals surface area contributed by atoms with Gasteiger partial charge in [0.05, 0.1) is 0 Å². The second-order valence-corrected chi connectivity index (χ2v) is 7.59. The monoisotopic (exact) mass is 384 g/mol. The number of hydrogen-bond donors (Lipinski definition) is 1. The average Bonchev–Trinajstić information content (AvgIpc) is 2.42. The van der Waals surface area contributed by atoms with Gasteiger partial charge in [-0.15, -0.1) is 0 Å². The highest BCUT2D eigenvalue weighted by Crippen LogP contribution is 2.18. The minimum atomic E-state index is -0.455. The van der Waals surface area contributed by atoms with E-state index in [0.717, 1.165) is 24.0 Å². The predicted molar refractivity (Wildman–Crippen MR) is 98.7 cm³/mol. The Bertz CT molecular complexity index is 512. The molecule has 0 aromatic heterocycles. The van der Waals surface area contributed by atoms with E-state index in [9.17, 15) is 4.79 Å². The smallest absolute Gasteiger partial charge is 0.410 e. The van der Waals surface area contributed by atoms with Gasteiger partial charge in [-0.2, -0.15) is 0 Å². The first-order valence-electron chi connectivity index (χ1n) is 8.16. The Kier molecular flexibility index (Phi) is 8.06. The summed E-state index contributed by atoms with van der Waals surface area (Å²) >= 11 is 3.58. The SMILES string of the molecule is CCCN(CCNCc1ccc(C)cc1Br)C(=O)OC(C)(C)C. The number of nitrogens with zero attached hydrogens (tertiary/aromatic N) is 1. The van der Waals surface area contributed by atoms with Gasteiger partial charge in [0, 0.05) is 30.7 Å². The fourth-order valence-corrected chi connectivity index (χ4v) is 2.76. The molecule has 5 heteroatoms. The summed E-state index contributed by atoms with van der Waals surface area (Å²) in [6, 6.07) is 6.33. The third kappa shape index (κ3) is 7.84. The van der Waals surface area contributed by atoms with Gasteiger partial charge in [0.2, 0.25) is 0 Å². The molecule has 130 valence electrons. The molecule has 0 aliphatic carbocycles. The van der Waals surface area contributed by atoms with Crippen molar-refractivity contribution in [3.63, 3.8) is 0 Å². The molecule has 1 aromatic rings. The summed E-state index contributed by atoms with van der Waals surface area (Å²) in [5.74, 6) is 0. The van der Waals surface area contributed by atoms with Gasteiger partial charge < -0.3 is 15.0 Å². The first kappa shape index (κ1) is 20.0. The summed E-state index contributed by atoms with van der Waals surface area (Å²) in [7, 11) is 0. The summed E-state index contributed by atoms with van der Waals surface area (Å²) in [6.07, 6.45) is 0.681. The lowest BCUT2D eigenvalue weighted by Crippen LogP contribution is -2.40. The average molecular weight is 385 g/mol. The van der Waals surface area contributed by atoms with Gasteiger partial charge in [0.1, 0.15) is 5.60 Å². The molecule has 0 heterocycles. The standard InChI is InChI=1S/C18H29BrN2O2/c1-6-10-21(17(22)23-18(3,4)5)11-9-20-13-15-8-7-14(2)12-16(15)19/h7-8,12,20H,6,9-11,13H2,1-5H3. The highest BCUT2D eigenvalue weighted by Gasteiger charge is 2.21. The number of aryl methyl sites for hydroxylation is 1. The maximum atomic E-state index is 12.2.